The van der Waals surface area contributed by atoms with Crippen LogP contribution in [0.25, 0.3) is 27.9 Å². The first-order chi connectivity index (χ1) is 15.8. The van der Waals surface area contributed by atoms with Gasteiger partial charge < -0.3 is 9.47 Å². The van der Waals surface area contributed by atoms with Gasteiger partial charge in [0.1, 0.15) is 6.33 Å². The van der Waals surface area contributed by atoms with Gasteiger partial charge in [0.05, 0.1) is 31.1 Å². The lowest BCUT2D eigenvalue weighted by Crippen LogP contribution is -2.37. The van der Waals surface area contributed by atoms with Gasteiger partial charge in [0.25, 0.3) is 5.56 Å². The third-order valence-corrected chi connectivity index (χ3v) is 5.69. The van der Waals surface area contributed by atoms with Gasteiger partial charge in [0.2, 0.25) is 0 Å². The van der Waals surface area contributed by atoms with Crippen molar-refractivity contribution in [1.29, 1.82) is 0 Å². The third-order valence-electron chi connectivity index (χ3n) is 5.69. The van der Waals surface area contributed by atoms with Crippen LogP contribution >= 0.6 is 0 Å². The maximum Gasteiger partial charge on any atom is 0.283 e. The van der Waals surface area contributed by atoms with Crippen LogP contribution in [0.2, 0.25) is 0 Å². The van der Waals surface area contributed by atoms with Crippen molar-refractivity contribution in [1.82, 2.24) is 34.3 Å². The Labute approximate surface area is 184 Å². The average molecular weight is 435 g/mol. The Kier molecular flexibility index (Phi) is 5.89. The molecule has 0 bridgehead atoms. The van der Waals surface area contributed by atoms with E-state index in [1.165, 1.54) is 0 Å². The molecular weight excluding hydrogens is 410 g/mol. The summed E-state index contributed by atoms with van der Waals surface area (Å²) < 4.78 is 13.9. The van der Waals surface area contributed by atoms with Crippen LogP contribution in [0.5, 0.6) is 0 Å². The van der Waals surface area contributed by atoms with E-state index in [-0.39, 0.29) is 11.1 Å². The monoisotopic (exact) mass is 435 g/mol. The molecule has 1 aliphatic heterocycles. The number of morpholine rings is 1. The van der Waals surface area contributed by atoms with E-state index in [0.717, 1.165) is 56.1 Å². The zero-order valence-electron chi connectivity index (χ0n) is 18.0. The molecule has 3 aromatic heterocycles. The van der Waals surface area contributed by atoms with E-state index in [1.807, 2.05) is 30.3 Å². The highest BCUT2D eigenvalue weighted by molar-refractivity contribution is 5.83. The minimum Gasteiger partial charge on any atom is -0.379 e. The zero-order chi connectivity index (χ0) is 21.9. The van der Waals surface area contributed by atoms with Crippen molar-refractivity contribution in [2.24, 2.45) is 0 Å². The van der Waals surface area contributed by atoms with Gasteiger partial charge in [-0.1, -0.05) is 30.3 Å². The maximum atomic E-state index is 13.1. The van der Waals surface area contributed by atoms with Crippen molar-refractivity contribution in [3.63, 3.8) is 0 Å². The molecule has 4 heterocycles. The van der Waals surface area contributed by atoms with E-state index in [1.54, 1.807) is 22.5 Å². The average Bonchev–Trinajstić information content (AvgIpc) is 3.20. The van der Waals surface area contributed by atoms with Crippen molar-refractivity contribution in [3.05, 3.63) is 52.7 Å². The fourth-order valence-electron chi connectivity index (χ4n) is 4.09. The van der Waals surface area contributed by atoms with E-state index in [9.17, 15) is 4.79 Å². The first kappa shape index (κ1) is 20.7. The lowest BCUT2D eigenvalue weighted by Gasteiger charge is -2.26. The van der Waals surface area contributed by atoms with E-state index in [2.05, 4.69) is 25.2 Å². The summed E-state index contributed by atoms with van der Waals surface area (Å²) in [6, 6.07) is 9.84. The predicted octanol–water partition coefficient (Wildman–Crippen LogP) is 1.37. The molecule has 5 rings (SSSR count). The molecule has 0 unspecified atom stereocenters. The van der Waals surface area contributed by atoms with Crippen LogP contribution in [-0.2, 0) is 22.6 Å². The smallest absolute Gasteiger partial charge is 0.283 e. The van der Waals surface area contributed by atoms with Crippen LogP contribution in [0.4, 0.5) is 0 Å². The molecule has 1 fully saturated rings. The second-order valence-electron chi connectivity index (χ2n) is 7.78. The van der Waals surface area contributed by atoms with Gasteiger partial charge in [0.15, 0.2) is 16.8 Å². The minimum atomic E-state index is -0.212. The first-order valence-corrected chi connectivity index (χ1v) is 10.7. The molecule has 0 amide bonds. The Hall–Kier alpha value is -3.21. The van der Waals surface area contributed by atoms with Crippen molar-refractivity contribution in [3.8, 4) is 11.1 Å². The fourth-order valence-corrected chi connectivity index (χ4v) is 4.09. The number of benzene rings is 1. The van der Waals surface area contributed by atoms with Gasteiger partial charge in [-0.2, -0.15) is 9.61 Å². The van der Waals surface area contributed by atoms with Gasteiger partial charge >= 0.3 is 0 Å². The summed E-state index contributed by atoms with van der Waals surface area (Å²) in [7, 11) is 1.62. The highest BCUT2D eigenvalue weighted by Crippen LogP contribution is 2.28. The number of nitrogens with zero attached hydrogens (tertiary/aromatic N) is 7. The SMILES string of the molecule is COCc1nn2c(nnc3c(=O)n(CCCN4CCOCC4)cnc32)c1-c1ccccc1. The second kappa shape index (κ2) is 9.11. The third kappa shape index (κ3) is 3.88. The van der Waals surface area contributed by atoms with E-state index in [0.29, 0.717) is 24.4 Å². The summed E-state index contributed by atoms with van der Waals surface area (Å²) in [5, 5.41) is 13.3. The van der Waals surface area contributed by atoms with Crippen molar-refractivity contribution < 1.29 is 9.47 Å². The maximum absolute atomic E-state index is 13.1. The molecule has 166 valence electrons. The molecule has 0 radical (unpaired) electrons. The predicted molar refractivity (Wildman–Crippen MR) is 118 cm³/mol. The van der Waals surface area contributed by atoms with Crippen molar-refractivity contribution in [2.45, 2.75) is 19.6 Å². The summed E-state index contributed by atoms with van der Waals surface area (Å²) in [6.07, 6.45) is 2.42. The molecule has 1 aliphatic rings. The molecule has 10 nitrogen and oxygen atoms in total. The van der Waals surface area contributed by atoms with Gasteiger partial charge in [-0.15, -0.1) is 10.2 Å². The number of methoxy groups -OCH3 is 1. The molecule has 0 aliphatic carbocycles. The summed E-state index contributed by atoms with van der Waals surface area (Å²) in [5.74, 6) is 0. The van der Waals surface area contributed by atoms with Gasteiger partial charge in [-0.3, -0.25) is 14.3 Å². The molecule has 0 spiro atoms. The van der Waals surface area contributed by atoms with Crippen molar-refractivity contribution >= 4 is 16.8 Å². The topological polar surface area (TPSA) is 99.7 Å². The number of aromatic nitrogens is 6. The number of ether oxygens (including phenoxy) is 2. The van der Waals surface area contributed by atoms with E-state index < -0.39 is 0 Å². The van der Waals surface area contributed by atoms with Crippen LogP contribution in [0.15, 0.2) is 41.5 Å². The first-order valence-electron chi connectivity index (χ1n) is 10.7. The molecule has 10 heteroatoms. The number of rotatable bonds is 7. The summed E-state index contributed by atoms with van der Waals surface area (Å²) >= 11 is 0. The molecule has 1 saturated heterocycles. The van der Waals surface area contributed by atoms with Crippen LogP contribution < -0.4 is 5.56 Å². The summed E-state index contributed by atoms with van der Waals surface area (Å²) in [6.45, 7) is 5.20. The highest BCUT2D eigenvalue weighted by Gasteiger charge is 2.20. The van der Waals surface area contributed by atoms with Crippen LogP contribution in [0.3, 0.4) is 0 Å². The molecule has 0 atom stereocenters. The number of hydrogen-bond donors (Lipinski definition) is 0. The number of hydrogen-bond acceptors (Lipinski definition) is 8. The molecule has 32 heavy (non-hydrogen) atoms. The quantitative estimate of drug-likeness (QED) is 0.429. The summed E-state index contributed by atoms with van der Waals surface area (Å²) in [5.41, 5.74) is 3.44. The number of fused-ring (bicyclic) bond motifs is 3. The fraction of sp³-hybridized carbons (Fsp3) is 0.409. The van der Waals surface area contributed by atoms with E-state index in [4.69, 9.17) is 9.47 Å². The molecule has 0 saturated carbocycles. The van der Waals surface area contributed by atoms with Gasteiger partial charge in [0, 0.05) is 33.3 Å². The van der Waals surface area contributed by atoms with Crippen LogP contribution in [0.1, 0.15) is 12.1 Å². The molecular formula is C22H25N7O3. The lowest BCUT2D eigenvalue weighted by atomic mass is 10.1. The highest BCUT2D eigenvalue weighted by atomic mass is 16.5. The lowest BCUT2D eigenvalue weighted by molar-refractivity contribution is 0.0369. The largest absolute Gasteiger partial charge is 0.379 e. The van der Waals surface area contributed by atoms with Crippen LogP contribution in [0, 0.1) is 0 Å². The molecule has 4 aromatic rings. The number of aryl methyl sites for hydroxylation is 1. The van der Waals surface area contributed by atoms with Gasteiger partial charge in [-0.05, 0) is 12.0 Å². The Morgan fingerprint density at radius 1 is 1.06 bits per heavy atom. The minimum absolute atomic E-state index is 0.206. The Morgan fingerprint density at radius 2 is 1.88 bits per heavy atom. The normalized spacial score (nSPS) is 15.0. The Balaban J connectivity index is 1.50. The Morgan fingerprint density at radius 3 is 2.66 bits per heavy atom. The summed E-state index contributed by atoms with van der Waals surface area (Å²) in [4.78, 5) is 19.9. The van der Waals surface area contributed by atoms with E-state index >= 15 is 0 Å². The second-order valence-corrected chi connectivity index (χ2v) is 7.78. The molecule has 1 aromatic carbocycles. The van der Waals surface area contributed by atoms with Gasteiger partial charge in [-0.25, -0.2) is 4.98 Å². The van der Waals surface area contributed by atoms with Crippen molar-refractivity contribution in [2.75, 3.05) is 40.0 Å². The zero-order valence-corrected chi connectivity index (χ0v) is 18.0. The standard InChI is InChI=1S/C22H25N7O3/c1-31-14-17-18(16-6-3-2-4-7-16)20-25-24-19-21(29(20)26-17)23-15-28(22(19)30)9-5-8-27-10-12-32-13-11-27/h2-4,6-7,15H,5,8-14H2,1H3. The molecule has 0 N–H and O–H groups in total. The Bertz CT molecular complexity index is 1280. The van der Waals surface area contributed by atoms with Crippen LogP contribution in [-0.4, -0.2) is 74.2 Å².